The number of nitrogens with zero attached hydrogens (tertiary/aromatic N) is 5. The van der Waals surface area contributed by atoms with Crippen molar-refractivity contribution in [2.45, 2.75) is 18.6 Å². The van der Waals surface area contributed by atoms with Crippen LogP contribution in [0, 0.1) is 0 Å². The number of aromatic nitrogens is 3. The lowest BCUT2D eigenvalue weighted by Gasteiger charge is -2.35. The topological polar surface area (TPSA) is 133 Å². The fourth-order valence-electron chi connectivity index (χ4n) is 4.31. The second-order valence-electron chi connectivity index (χ2n) is 8.35. The molecule has 0 unspecified atom stereocenters. The highest BCUT2D eigenvalue weighted by atomic mass is 16.5. The number of hydrogen-bond acceptors (Lipinski definition) is 9. The smallest absolute Gasteiger partial charge is 0.329 e. The highest BCUT2D eigenvalue weighted by molar-refractivity contribution is 6.04. The molecule has 4 heterocycles. The standard InChI is InChI=1S/C24H26N6O5/c1-34-22-10-21(25-14-26-22)28-24(33)30-16-7-8-29(11-16)20-6-5-19(27-23(20)30)15-3-2-4-18(9-15)35-13-17(32)12-31/h2-6,9-10,14,16-17,31-32H,7-8,11-13H2,1H3,(H,25,26,28,33)/t16-,17-/m0/s1. The van der Waals surface area contributed by atoms with Gasteiger partial charge in [-0.2, -0.15) is 0 Å². The number of fused-ring (bicyclic) bond motifs is 4. The van der Waals surface area contributed by atoms with Crippen LogP contribution in [0.15, 0.2) is 48.8 Å². The van der Waals surface area contributed by atoms with Crippen LogP contribution in [-0.2, 0) is 0 Å². The molecule has 1 aromatic carbocycles. The Morgan fingerprint density at radius 3 is 2.97 bits per heavy atom. The SMILES string of the molecule is COc1cc(NC(=O)N2c3nc(-c4cccc(OC[C@@H](O)CO)c4)ccc3N3CC[C@H]2C3)ncn1. The van der Waals surface area contributed by atoms with E-state index in [1.807, 2.05) is 30.3 Å². The number of anilines is 3. The molecule has 182 valence electrons. The number of ether oxygens (including phenoxy) is 2. The summed E-state index contributed by atoms with van der Waals surface area (Å²) in [7, 11) is 1.50. The minimum atomic E-state index is -0.952. The van der Waals surface area contributed by atoms with Crippen LogP contribution in [0.4, 0.5) is 22.1 Å². The van der Waals surface area contributed by atoms with Crippen LogP contribution in [0.3, 0.4) is 0 Å². The van der Waals surface area contributed by atoms with Crippen molar-refractivity contribution < 1.29 is 24.5 Å². The number of urea groups is 1. The number of carbonyl (C=O) groups is 1. The number of aliphatic hydroxyl groups is 2. The van der Waals surface area contributed by atoms with Crippen molar-refractivity contribution in [3.05, 3.63) is 48.8 Å². The number of aliphatic hydroxyl groups excluding tert-OH is 2. The summed E-state index contributed by atoms with van der Waals surface area (Å²) >= 11 is 0. The maximum absolute atomic E-state index is 13.4. The predicted molar refractivity (Wildman–Crippen MR) is 129 cm³/mol. The molecule has 2 aromatic heterocycles. The zero-order valence-electron chi connectivity index (χ0n) is 19.2. The molecule has 2 bridgehead atoms. The molecule has 3 aromatic rings. The van der Waals surface area contributed by atoms with Gasteiger partial charge in [-0.05, 0) is 30.7 Å². The Kier molecular flexibility index (Phi) is 6.34. The van der Waals surface area contributed by atoms with Crippen LogP contribution in [0.5, 0.6) is 11.6 Å². The van der Waals surface area contributed by atoms with E-state index in [9.17, 15) is 9.90 Å². The molecule has 2 atom stereocenters. The van der Waals surface area contributed by atoms with E-state index in [0.717, 1.165) is 30.8 Å². The minimum absolute atomic E-state index is 0.0105. The first kappa shape index (κ1) is 22.8. The van der Waals surface area contributed by atoms with Crippen LogP contribution in [0.1, 0.15) is 6.42 Å². The largest absolute Gasteiger partial charge is 0.491 e. The number of pyridine rings is 1. The molecule has 0 spiro atoms. The average molecular weight is 479 g/mol. The van der Waals surface area contributed by atoms with E-state index in [2.05, 4.69) is 20.2 Å². The van der Waals surface area contributed by atoms with Crippen molar-refractivity contribution in [1.82, 2.24) is 15.0 Å². The Labute approximate surface area is 202 Å². The molecule has 0 radical (unpaired) electrons. The van der Waals surface area contributed by atoms with Gasteiger partial charge in [0, 0.05) is 24.7 Å². The molecule has 11 nitrogen and oxygen atoms in total. The zero-order chi connectivity index (χ0) is 24.4. The number of rotatable bonds is 7. The molecular weight excluding hydrogens is 452 g/mol. The zero-order valence-corrected chi connectivity index (χ0v) is 19.2. The summed E-state index contributed by atoms with van der Waals surface area (Å²) < 4.78 is 10.7. The van der Waals surface area contributed by atoms with Crippen molar-refractivity contribution >= 4 is 23.4 Å². The lowest BCUT2D eigenvalue weighted by Crippen LogP contribution is -2.48. The van der Waals surface area contributed by atoms with Crippen molar-refractivity contribution in [2.75, 3.05) is 48.5 Å². The first-order chi connectivity index (χ1) is 17.1. The van der Waals surface area contributed by atoms with Gasteiger partial charge in [0.1, 0.15) is 30.6 Å². The summed E-state index contributed by atoms with van der Waals surface area (Å²) in [4.78, 5) is 30.3. The fourth-order valence-corrected chi connectivity index (χ4v) is 4.31. The molecule has 2 aliphatic heterocycles. The van der Waals surface area contributed by atoms with E-state index in [1.165, 1.54) is 13.4 Å². The van der Waals surface area contributed by atoms with Gasteiger partial charge in [-0.1, -0.05) is 12.1 Å². The fraction of sp³-hybridized carbons (Fsp3) is 0.333. The van der Waals surface area contributed by atoms with Crippen LogP contribution < -0.4 is 24.6 Å². The third kappa shape index (κ3) is 4.68. The van der Waals surface area contributed by atoms with Gasteiger partial charge in [-0.15, -0.1) is 0 Å². The van der Waals surface area contributed by atoms with E-state index in [1.54, 1.807) is 17.0 Å². The Balaban J connectivity index is 1.44. The minimum Gasteiger partial charge on any atom is -0.491 e. The van der Waals surface area contributed by atoms with Gasteiger partial charge in [0.2, 0.25) is 5.88 Å². The number of nitrogens with one attached hydrogen (secondary N) is 1. The summed E-state index contributed by atoms with van der Waals surface area (Å²) in [5.41, 5.74) is 2.38. The number of methoxy groups -OCH3 is 1. The Morgan fingerprint density at radius 2 is 2.14 bits per heavy atom. The second kappa shape index (κ2) is 9.72. The third-order valence-corrected chi connectivity index (χ3v) is 6.04. The van der Waals surface area contributed by atoms with E-state index in [-0.39, 0.29) is 25.3 Å². The normalized spacial score (nSPS) is 17.1. The van der Waals surface area contributed by atoms with Crippen molar-refractivity contribution in [3.8, 4) is 22.9 Å². The van der Waals surface area contributed by atoms with Gasteiger partial charge in [0.05, 0.1) is 31.1 Å². The molecule has 0 aliphatic carbocycles. The molecule has 5 rings (SSSR count). The van der Waals surface area contributed by atoms with Gasteiger partial charge < -0.3 is 24.6 Å². The summed E-state index contributed by atoms with van der Waals surface area (Å²) in [6.45, 7) is 1.20. The van der Waals surface area contributed by atoms with Gasteiger partial charge in [-0.3, -0.25) is 10.2 Å². The molecule has 35 heavy (non-hydrogen) atoms. The maximum Gasteiger partial charge on any atom is 0.329 e. The molecule has 1 fully saturated rings. The molecule has 11 heteroatoms. The molecule has 1 saturated heterocycles. The Morgan fingerprint density at radius 1 is 1.26 bits per heavy atom. The molecule has 3 N–H and O–H groups in total. The van der Waals surface area contributed by atoms with E-state index < -0.39 is 6.10 Å². The van der Waals surface area contributed by atoms with Crippen LogP contribution in [0.25, 0.3) is 11.3 Å². The lowest BCUT2D eigenvalue weighted by atomic mass is 10.1. The van der Waals surface area contributed by atoms with Gasteiger partial charge in [0.15, 0.2) is 5.82 Å². The first-order valence-electron chi connectivity index (χ1n) is 11.3. The van der Waals surface area contributed by atoms with Crippen LogP contribution >= 0.6 is 0 Å². The van der Waals surface area contributed by atoms with E-state index in [4.69, 9.17) is 19.6 Å². The van der Waals surface area contributed by atoms with Crippen LogP contribution in [-0.4, -0.2) is 76.8 Å². The number of benzene rings is 1. The van der Waals surface area contributed by atoms with Gasteiger partial charge in [-0.25, -0.2) is 19.7 Å². The Hall–Kier alpha value is -3.96. The average Bonchev–Trinajstić information content (AvgIpc) is 3.31. The van der Waals surface area contributed by atoms with Gasteiger partial charge >= 0.3 is 6.03 Å². The number of amides is 2. The molecule has 2 amide bonds. The van der Waals surface area contributed by atoms with Crippen molar-refractivity contribution in [1.29, 1.82) is 0 Å². The van der Waals surface area contributed by atoms with Crippen molar-refractivity contribution in [3.63, 3.8) is 0 Å². The second-order valence-corrected chi connectivity index (χ2v) is 8.35. The number of hydrogen-bond donors (Lipinski definition) is 3. The quantitative estimate of drug-likeness (QED) is 0.466. The third-order valence-electron chi connectivity index (χ3n) is 6.04. The summed E-state index contributed by atoms with van der Waals surface area (Å²) in [6, 6.07) is 12.5. The summed E-state index contributed by atoms with van der Waals surface area (Å²) in [5, 5.41) is 21.4. The Bertz CT molecular complexity index is 1220. The van der Waals surface area contributed by atoms with Crippen LogP contribution in [0.2, 0.25) is 0 Å². The highest BCUT2D eigenvalue weighted by Crippen LogP contribution is 2.40. The van der Waals surface area contributed by atoms with E-state index in [0.29, 0.717) is 29.0 Å². The molecule has 2 aliphatic rings. The highest BCUT2D eigenvalue weighted by Gasteiger charge is 2.40. The van der Waals surface area contributed by atoms with Gasteiger partial charge in [0.25, 0.3) is 0 Å². The monoisotopic (exact) mass is 478 g/mol. The predicted octanol–water partition coefficient (Wildman–Crippen LogP) is 1.91. The first-order valence-corrected chi connectivity index (χ1v) is 11.3. The van der Waals surface area contributed by atoms with Crippen molar-refractivity contribution in [2.24, 2.45) is 0 Å². The molecular formula is C24H26N6O5. The summed E-state index contributed by atoms with van der Waals surface area (Å²) in [5.74, 6) is 1.83. The molecule has 0 saturated carbocycles. The maximum atomic E-state index is 13.4. The summed E-state index contributed by atoms with van der Waals surface area (Å²) in [6.07, 6.45) is 1.22. The van der Waals surface area contributed by atoms with E-state index >= 15 is 0 Å². The number of carbonyl (C=O) groups excluding carboxylic acids is 1. The lowest BCUT2D eigenvalue weighted by molar-refractivity contribution is 0.0536.